The highest BCUT2D eigenvalue weighted by Crippen LogP contribution is 2.37. The summed E-state index contributed by atoms with van der Waals surface area (Å²) >= 11 is 12.9. The van der Waals surface area contributed by atoms with Crippen LogP contribution in [-0.2, 0) is 17.8 Å². The van der Waals surface area contributed by atoms with E-state index in [2.05, 4.69) is 33.2 Å². The highest BCUT2D eigenvalue weighted by atomic mass is 35.5. The van der Waals surface area contributed by atoms with E-state index < -0.39 is 0 Å². The van der Waals surface area contributed by atoms with E-state index in [0.29, 0.717) is 54.9 Å². The SMILES string of the molecule is [C-]#[N+]C[C@H]1CN(c2nc(OC[C@@H]3CCCN3C)nc3c2CCN(c2cccc(Cl)c2Cl)C3)CCN1C(=O)C=C. The molecule has 2 fully saturated rings. The van der Waals surface area contributed by atoms with Crippen LogP contribution in [0.3, 0.4) is 0 Å². The number of likely N-dealkylation sites (tertiary alicyclic amines) is 1. The van der Waals surface area contributed by atoms with Gasteiger partial charge in [0.15, 0.2) is 0 Å². The predicted molar refractivity (Wildman–Crippen MR) is 154 cm³/mol. The first-order valence-electron chi connectivity index (χ1n) is 13.3. The van der Waals surface area contributed by atoms with Crippen molar-refractivity contribution in [2.75, 3.05) is 62.7 Å². The fraction of sp³-hybridized carbons (Fsp3) is 0.500. The molecule has 0 radical (unpaired) electrons. The molecule has 3 aliphatic rings. The van der Waals surface area contributed by atoms with Gasteiger partial charge >= 0.3 is 6.01 Å². The molecule has 0 saturated carbocycles. The summed E-state index contributed by atoms with van der Waals surface area (Å²) in [5.41, 5.74) is 2.84. The van der Waals surface area contributed by atoms with Crippen molar-refractivity contribution in [2.24, 2.45) is 0 Å². The lowest BCUT2D eigenvalue weighted by molar-refractivity contribution is -0.128. The zero-order valence-corrected chi connectivity index (χ0v) is 23.7. The van der Waals surface area contributed by atoms with Crippen molar-refractivity contribution in [2.45, 2.75) is 37.9 Å². The largest absolute Gasteiger partial charge is 0.462 e. The van der Waals surface area contributed by atoms with Crippen molar-refractivity contribution in [1.82, 2.24) is 19.8 Å². The van der Waals surface area contributed by atoms with Crippen molar-refractivity contribution in [3.05, 3.63) is 63.6 Å². The third kappa shape index (κ3) is 5.79. The van der Waals surface area contributed by atoms with E-state index in [0.717, 1.165) is 55.1 Å². The molecule has 0 unspecified atom stereocenters. The predicted octanol–water partition coefficient (Wildman–Crippen LogP) is 3.94. The minimum Gasteiger partial charge on any atom is -0.462 e. The Morgan fingerprint density at radius 1 is 1.21 bits per heavy atom. The number of likely N-dealkylation sites (N-methyl/N-ethyl adjacent to an activating group) is 1. The van der Waals surface area contributed by atoms with Crippen LogP contribution in [0.2, 0.25) is 10.0 Å². The van der Waals surface area contributed by atoms with Gasteiger partial charge in [-0.1, -0.05) is 35.8 Å². The van der Waals surface area contributed by atoms with Crippen molar-refractivity contribution < 1.29 is 9.53 Å². The van der Waals surface area contributed by atoms with E-state index in [1.54, 1.807) is 11.0 Å². The van der Waals surface area contributed by atoms with Gasteiger partial charge in [-0.3, -0.25) is 4.79 Å². The smallest absolute Gasteiger partial charge is 0.318 e. The number of amides is 1. The van der Waals surface area contributed by atoms with Crippen LogP contribution in [0, 0.1) is 6.57 Å². The molecule has 1 aromatic carbocycles. The fourth-order valence-corrected chi connectivity index (χ4v) is 6.15. The minimum atomic E-state index is -0.241. The van der Waals surface area contributed by atoms with Crippen LogP contribution in [0.25, 0.3) is 4.85 Å². The van der Waals surface area contributed by atoms with Crippen LogP contribution in [0.1, 0.15) is 24.1 Å². The van der Waals surface area contributed by atoms with Gasteiger partial charge in [0.2, 0.25) is 12.5 Å². The van der Waals surface area contributed by atoms with Gasteiger partial charge in [0.25, 0.3) is 0 Å². The number of ether oxygens (including phenoxy) is 1. The Morgan fingerprint density at radius 2 is 2.05 bits per heavy atom. The Bertz CT molecular complexity index is 1280. The Hall–Kier alpha value is -3.06. The number of piperazine rings is 1. The number of hydrogen-bond acceptors (Lipinski definition) is 7. The summed E-state index contributed by atoms with van der Waals surface area (Å²) in [4.78, 5) is 34.3. The van der Waals surface area contributed by atoms with Gasteiger partial charge < -0.3 is 29.2 Å². The number of aromatic nitrogens is 2. The summed E-state index contributed by atoms with van der Waals surface area (Å²) in [5.74, 6) is 0.680. The number of anilines is 2. The number of halogens is 2. The number of fused-ring (bicyclic) bond motifs is 1. The summed E-state index contributed by atoms with van der Waals surface area (Å²) in [6.45, 7) is 15.8. The van der Waals surface area contributed by atoms with Crippen LogP contribution >= 0.6 is 23.2 Å². The number of benzene rings is 1. The van der Waals surface area contributed by atoms with Gasteiger partial charge in [0.1, 0.15) is 18.5 Å². The van der Waals surface area contributed by atoms with Crippen molar-refractivity contribution in [1.29, 1.82) is 0 Å². The highest BCUT2D eigenvalue weighted by Gasteiger charge is 2.35. The molecule has 5 rings (SSSR count). The lowest BCUT2D eigenvalue weighted by atomic mass is 10.0. The average Bonchev–Trinajstić information content (AvgIpc) is 3.36. The first kappa shape index (κ1) is 27.5. The molecule has 2 saturated heterocycles. The summed E-state index contributed by atoms with van der Waals surface area (Å²) in [7, 11) is 2.12. The molecule has 2 atom stereocenters. The van der Waals surface area contributed by atoms with Crippen LogP contribution in [0.4, 0.5) is 11.5 Å². The van der Waals surface area contributed by atoms with Crippen LogP contribution in [0.15, 0.2) is 30.9 Å². The molecular formula is C28H33Cl2N7O2. The Morgan fingerprint density at radius 3 is 2.79 bits per heavy atom. The van der Waals surface area contributed by atoms with E-state index in [1.807, 2.05) is 12.1 Å². The molecular weight excluding hydrogens is 537 g/mol. The van der Waals surface area contributed by atoms with E-state index in [-0.39, 0.29) is 18.5 Å². The first-order chi connectivity index (χ1) is 18.9. The second-order valence-corrected chi connectivity index (χ2v) is 11.0. The molecule has 4 heterocycles. The zero-order valence-electron chi connectivity index (χ0n) is 22.2. The molecule has 0 bridgehead atoms. The highest BCUT2D eigenvalue weighted by molar-refractivity contribution is 6.43. The first-order valence-corrected chi connectivity index (χ1v) is 14.1. The summed E-state index contributed by atoms with van der Waals surface area (Å²) < 4.78 is 6.21. The van der Waals surface area contributed by atoms with Gasteiger partial charge in [-0.15, -0.1) is 0 Å². The molecule has 3 aliphatic heterocycles. The molecule has 9 nitrogen and oxygen atoms in total. The molecule has 206 valence electrons. The number of carbonyl (C=O) groups excluding carboxylic acids is 1. The van der Waals surface area contributed by atoms with Gasteiger partial charge in [-0.2, -0.15) is 9.97 Å². The maximum absolute atomic E-state index is 12.5. The average molecular weight is 571 g/mol. The second kappa shape index (κ2) is 12.0. The van der Waals surface area contributed by atoms with Crippen LogP contribution in [-0.4, -0.2) is 90.7 Å². The fourth-order valence-electron chi connectivity index (χ4n) is 5.73. The quantitative estimate of drug-likeness (QED) is 0.369. The van der Waals surface area contributed by atoms with Gasteiger partial charge in [0, 0.05) is 37.8 Å². The van der Waals surface area contributed by atoms with Crippen molar-refractivity contribution in [3.8, 4) is 6.01 Å². The zero-order chi connectivity index (χ0) is 27.5. The summed E-state index contributed by atoms with van der Waals surface area (Å²) in [6.07, 6.45) is 4.29. The van der Waals surface area contributed by atoms with Crippen molar-refractivity contribution in [3.63, 3.8) is 0 Å². The molecule has 2 aromatic rings. The Labute approximate surface area is 239 Å². The van der Waals surface area contributed by atoms with E-state index in [1.165, 1.54) is 6.08 Å². The van der Waals surface area contributed by atoms with Gasteiger partial charge in [-0.25, -0.2) is 6.57 Å². The Kier molecular flexibility index (Phi) is 8.46. The molecule has 0 aliphatic carbocycles. The minimum absolute atomic E-state index is 0.147. The van der Waals surface area contributed by atoms with Gasteiger partial charge in [0.05, 0.1) is 28.0 Å². The molecule has 1 amide bonds. The van der Waals surface area contributed by atoms with Gasteiger partial charge in [-0.05, 0) is 51.1 Å². The number of carbonyl (C=O) groups is 1. The van der Waals surface area contributed by atoms with E-state index in [9.17, 15) is 4.79 Å². The number of hydrogen-bond donors (Lipinski definition) is 0. The third-order valence-corrected chi connectivity index (χ3v) is 8.72. The summed E-state index contributed by atoms with van der Waals surface area (Å²) in [5, 5.41) is 1.05. The second-order valence-electron chi connectivity index (χ2n) is 10.3. The van der Waals surface area contributed by atoms with Crippen LogP contribution < -0.4 is 14.5 Å². The van der Waals surface area contributed by atoms with Crippen molar-refractivity contribution >= 4 is 40.6 Å². The molecule has 39 heavy (non-hydrogen) atoms. The molecule has 11 heteroatoms. The normalized spacial score (nSPS) is 21.4. The number of rotatable bonds is 7. The molecule has 0 N–H and O–H groups in total. The molecule has 1 aromatic heterocycles. The lowest BCUT2D eigenvalue weighted by Gasteiger charge is -2.41. The van der Waals surface area contributed by atoms with Crippen LogP contribution in [0.5, 0.6) is 6.01 Å². The third-order valence-electron chi connectivity index (χ3n) is 7.91. The lowest BCUT2D eigenvalue weighted by Crippen LogP contribution is -2.56. The van der Waals surface area contributed by atoms with E-state index in [4.69, 9.17) is 44.5 Å². The number of nitrogens with zero attached hydrogens (tertiary/aromatic N) is 7. The monoisotopic (exact) mass is 569 g/mol. The molecule has 0 spiro atoms. The maximum atomic E-state index is 12.5. The topological polar surface area (TPSA) is 69.4 Å². The standard InChI is InChI=1S/C28H33Cl2N7O2/c1-4-25(38)37-14-13-36(16-20(37)15-31-2)27-21-10-12-35(24-9-5-8-22(29)26(24)30)17-23(21)32-28(33-27)39-18-19-7-6-11-34(19)3/h4-5,8-9,19-20H,1,6-7,10-18H2,3H3/t19-,20-/m0/s1. The maximum Gasteiger partial charge on any atom is 0.318 e. The Balaban J connectivity index is 1.46. The summed E-state index contributed by atoms with van der Waals surface area (Å²) in [6, 6.07) is 6.11. The van der Waals surface area contributed by atoms with E-state index >= 15 is 0 Å².